The molecular weight excluding hydrogens is 1190 g/mol. The Morgan fingerprint density at radius 1 is 0.300 bits per heavy atom. The van der Waals surface area contributed by atoms with Crippen LogP contribution in [0.2, 0.25) is 0 Å². The zero-order chi connectivity index (χ0) is 66.5. The maximum absolute atomic E-state index is 13.0. The molecule has 0 aliphatic heterocycles. The van der Waals surface area contributed by atoms with Crippen molar-refractivity contribution in [1.82, 2.24) is 0 Å². The molecule has 0 aliphatic carbocycles. The number of rotatable bonds is 70. The highest BCUT2D eigenvalue weighted by Gasteiger charge is 2.30. The zero-order valence-electron chi connectivity index (χ0n) is 58.4. The van der Waals surface area contributed by atoms with Crippen LogP contribution in [0, 0.1) is 11.8 Å². The molecule has 90 heavy (non-hydrogen) atoms. The van der Waals surface area contributed by atoms with E-state index in [9.17, 15) is 43.2 Å². The number of phosphoric ester groups is 2. The molecule has 0 heterocycles. The number of unbranched alkanes of at least 4 members (excludes halogenated alkanes) is 40. The molecule has 0 radical (unpaired) electrons. The van der Waals surface area contributed by atoms with Gasteiger partial charge in [-0.3, -0.25) is 37.3 Å². The number of hydrogen-bond acceptors (Lipinski definition) is 15. The third-order valence-electron chi connectivity index (χ3n) is 16.5. The van der Waals surface area contributed by atoms with Gasteiger partial charge < -0.3 is 33.8 Å². The molecule has 17 nitrogen and oxygen atoms in total. The Morgan fingerprint density at radius 3 is 0.756 bits per heavy atom. The Morgan fingerprint density at radius 2 is 0.511 bits per heavy atom. The monoisotopic (exact) mass is 1320 g/mol. The average Bonchev–Trinajstić information content (AvgIpc) is 3.00. The smallest absolute Gasteiger partial charge is 0.462 e. The molecule has 5 atom stereocenters. The Balaban J connectivity index is 5.24. The third-order valence-corrected chi connectivity index (χ3v) is 18.4. The molecule has 0 aliphatic rings. The quantitative estimate of drug-likeness (QED) is 0.0222. The van der Waals surface area contributed by atoms with Crippen molar-refractivity contribution in [3.05, 3.63) is 0 Å². The van der Waals surface area contributed by atoms with Crippen LogP contribution in [0.3, 0.4) is 0 Å². The van der Waals surface area contributed by atoms with Gasteiger partial charge in [0.25, 0.3) is 0 Å². The second-order valence-electron chi connectivity index (χ2n) is 26.6. The summed E-state index contributed by atoms with van der Waals surface area (Å²) < 4.78 is 68.3. The molecule has 534 valence electrons. The van der Waals surface area contributed by atoms with Gasteiger partial charge in [0.1, 0.15) is 19.3 Å². The van der Waals surface area contributed by atoms with Crippen molar-refractivity contribution in [1.29, 1.82) is 0 Å². The molecule has 0 saturated carbocycles. The topological polar surface area (TPSA) is 237 Å². The van der Waals surface area contributed by atoms with Crippen LogP contribution < -0.4 is 0 Å². The van der Waals surface area contributed by atoms with Gasteiger partial charge >= 0.3 is 39.5 Å². The molecule has 19 heteroatoms. The molecule has 0 rings (SSSR count). The predicted molar refractivity (Wildman–Crippen MR) is 363 cm³/mol. The van der Waals surface area contributed by atoms with Crippen LogP contribution in [-0.4, -0.2) is 96.7 Å². The van der Waals surface area contributed by atoms with Gasteiger partial charge in [-0.05, 0) is 37.5 Å². The Kier molecular flexibility index (Phi) is 61.8. The van der Waals surface area contributed by atoms with E-state index in [-0.39, 0.29) is 25.7 Å². The first kappa shape index (κ1) is 88.1. The number of carbonyl (C=O) groups is 4. The molecule has 0 amide bonds. The first-order valence-electron chi connectivity index (χ1n) is 37.0. The van der Waals surface area contributed by atoms with Crippen molar-refractivity contribution in [3.8, 4) is 0 Å². The fourth-order valence-corrected chi connectivity index (χ4v) is 12.3. The lowest BCUT2D eigenvalue weighted by Gasteiger charge is -2.21. The highest BCUT2D eigenvalue weighted by Crippen LogP contribution is 2.45. The molecule has 0 aromatic carbocycles. The number of carbonyl (C=O) groups excluding carboxylic acids is 4. The van der Waals surface area contributed by atoms with Gasteiger partial charge in [0.15, 0.2) is 12.2 Å². The van der Waals surface area contributed by atoms with E-state index in [2.05, 4.69) is 41.5 Å². The summed E-state index contributed by atoms with van der Waals surface area (Å²) in [4.78, 5) is 72.6. The molecule has 0 fully saturated rings. The summed E-state index contributed by atoms with van der Waals surface area (Å²) in [5, 5.41) is 10.6. The fraction of sp³-hybridized carbons (Fsp3) is 0.944. The maximum Gasteiger partial charge on any atom is 0.472 e. The number of aliphatic hydroxyl groups excluding tert-OH is 1. The highest BCUT2D eigenvalue weighted by molar-refractivity contribution is 7.47. The lowest BCUT2D eigenvalue weighted by atomic mass is 10.0. The number of aliphatic hydroxyl groups is 1. The van der Waals surface area contributed by atoms with Crippen molar-refractivity contribution in [2.24, 2.45) is 11.8 Å². The molecule has 0 aromatic rings. The minimum absolute atomic E-state index is 0.105. The van der Waals surface area contributed by atoms with E-state index < -0.39 is 97.5 Å². The average molecular weight is 1330 g/mol. The van der Waals surface area contributed by atoms with Crippen molar-refractivity contribution in [2.45, 2.75) is 381 Å². The van der Waals surface area contributed by atoms with Crippen LogP contribution in [0.4, 0.5) is 0 Å². The van der Waals surface area contributed by atoms with Crippen LogP contribution in [0.25, 0.3) is 0 Å². The molecule has 2 unspecified atom stereocenters. The first-order valence-corrected chi connectivity index (χ1v) is 40.0. The number of hydrogen-bond donors (Lipinski definition) is 3. The molecule has 3 N–H and O–H groups in total. The molecule has 0 spiro atoms. The SMILES string of the molecule is CCCCCCCCCCCCCCCC(=O)OC[C@H](COP(=O)(O)OC[C@@H](O)COP(=O)(O)OC[C@@H](COC(=O)CCCCCCCCCCCC)OC(=O)CCCCCCCCCCC(C)C)OC(=O)CCCCCCCCCCCCCCCC(C)C. The van der Waals surface area contributed by atoms with Gasteiger partial charge in [-0.15, -0.1) is 0 Å². The van der Waals surface area contributed by atoms with Gasteiger partial charge in [-0.25, -0.2) is 9.13 Å². The molecule has 0 bridgehead atoms. The van der Waals surface area contributed by atoms with E-state index in [1.54, 1.807) is 0 Å². The van der Waals surface area contributed by atoms with E-state index in [4.69, 9.17) is 37.0 Å². The van der Waals surface area contributed by atoms with E-state index in [0.717, 1.165) is 102 Å². The minimum Gasteiger partial charge on any atom is -0.462 e. The highest BCUT2D eigenvalue weighted by atomic mass is 31.2. The van der Waals surface area contributed by atoms with E-state index in [1.807, 2.05) is 0 Å². The first-order chi connectivity index (χ1) is 43.4. The standard InChI is InChI=1S/C71H138O17P2/c1-7-9-11-13-15-17-19-21-25-29-36-42-48-54-69(74)82-59-66(87-70(75)55-49-43-37-30-26-23-20-22-24-27-33-39-45-51-63(3)4)61-85-89(77,78)83-57-65(72)58-84-90(79,80)86-62-67(60-81-68(73)53-47-41-35-28-18-16-14-12-10-8-2)88-71(76)56-50-44-38-32-31-34-40-46-52-64(5)6/h63-67,72H,7-62H2,1-6H3,(H,77,78)(H,79,80)/t65-,66-,67-/m1/s1. The van der Waals surface area contributed by atoms with Gasteiger partial charge in [0, 0.05) is 25.7 Å². The Hall–Kier alpha value is -1.94. The van der Waals surface area contributed by atoms with Crippen molar-refractivity contribution >= 4 is 39.5 Å². The largest absolute Gasteiger partial charge is 0.472 e. The van der Waals surface area contributed by atoms with Crippen molar-refractivity contribution in [3.63, 3.8) is 0 Å². The Bertz CT molecular complexity index is 1750. The van der Waals surface area contributed by atoms with Gasteiger partial charge in [0.2, 0.25) is 0 Å². The normalized spacial score (nSPS) is 14.1. The summed E-state index contributed by atoms with van der Waals surface area (Å²) in [6.45, 7) is 9.53. The molecular formula is C71H138O17P2. The second-order valence-corrected chi connectivity index (χ2v) is 29.5. The molecule has 0 aromatic heterocycles. The number of phosphoric acid groups is 2. The van der Waals surface area contributed by atoms with E-state index >= 15 is 0 Å². The lowest BCUT2D eigenvalue weighted by Crippen LogP contribution is -2.30. The number of esters is 4. The van der Waals surface area contributed by atoms with Crippen LogP contribution in [0.1, 0.15) is 363 Å². The second kappa shape index (κ2) is 63.1. The van der Waals surface area contributed by atoms with Gasteiger partial charge in [0.05, 0.1) is 26.4 Å². The fourth-order valence-electron chi connectivity index (χ4n) is 10.8. The van der Waals surface area contributed by atoms with Crippen LogP contribution >= 0.6 is 15.6 Å². The summed E-state index contributed by atoms with van der Waals surface area (Å²) in [6.07, 6.45) is 48.5. The maximum atomic E-state index is 13.0. The predicted octanol–water partition coefficient (Wildman–Crippen LogP) is 20.4. The third kappa shape index (κ3) is 64.8. The summed E-state index contributed by atoms with van der Waals surface area (Å²) in [5.74, 6) is -0.618. The van der Waals surface area contributed by atoms with Crippen molar-refractivity contribution in [2.75, 3.05) is 39.6 Å². The summed E-state index contributed by atoms with van der Waals surface area (Å²) >= 11 is 0. The summed E-state index contributed by atoms with van der Waals surface area (Å²) in [5.41, 5.74) is 0. The zero-order valence-corrected chi connectivity index (χ0v) is 60.2. The van der Waals surface area contributed by atoms with Crippen molar-refractivity contribution < 1.29 is 80.2 Å². The van der Waals surface area contributed by atoms with Crippen LogP contribution in [-0.2, 0) is 65.4 Å². The van der Waals surface area contributed by atoms with Gasteiger partial charge in [-0.1, -0.05) is 311 Å². The number of ether oxygens (including phenoxy) is 4. The van der Waals surface area contributed by atoms with Crippen LogP contribution in [0.5, 0.6) is 0 Å². The Labute approximate surface area is 549 Å². The molecule has 0 saturated heterocycles. The van der Waals surface area contributed by atoms with Gasteiger partial charge in [-0.2, -0.15) is 0 Å². The summed E-state index contributed by atoms with van der Waals surface area (Å²) in [6, 6.07) is 0. The lowest BCUT2D eigenvalue weighted by molar-refractivity contribution is -0.161. The minimum atomic E-state index is -4.95. The van der Waals surface area contributed by atoms with Crippen LogP contribution in [0.15, 0.2) is 0 Å². The van der Waals surface area contributed by atoms with E-state index in [0.29, 0.717) is 25.7 Å². The van der Waals surface area contributed by atoms with E-state index in [1.165, 1.54) is 180 Å². The summed E-state index contributed by atoms with van der Waals surface area (Å²) in [7, 11) is -9.90.